The summed E-state index contributed by atoms with van der Waals surface area (Å²) in [5.41, 5.74) is 1.19. The molecule has 0 bridgehead atoms. The van der Waals surface area contributed by atoms with E-state index < -0.39 is 0 Å². The molecule has 1 aromatic carbocycles. The molecule has 1 saturated heterocycles. The van der Waals surface area contributed by atoms with Crippen molar-refractivity contribution in [1.29, 1.82) is 0 Å². The lowest BCUT2D eigenvalue weighted by Crippen LogP contribution is -2.56. The van der Waals surface area contributed by atoms with Crippen LogP contribution in [0.1, 0.15) is 18.9 Å². The van der Waals surface area contributed by atoms with Crippen LogP contribution in [0, 0.1) is 10.1 Å². The topological polar surface area (TPSA) is 58.4 Å². The molecule has 1 aliphatic heterocycles. The zero-order chi connectivity index (χ0) is 13.0. The summed E-state index contributed by atoms with van der Waals surface area (Å²) in [7, 11) is 0. The van der Waals surface area contributed by atoms with Crippen LogP contribution in [0.3, 0.4) is 0 Å². The zero-order valence-electron chi connectivity index (χ0n) is 10.6. The van der Waals surface area contributed by atoms with Gasteiger partial charge in [0, 0.05) is 37.8 Å². The Morgan fingerprint density at radius 3 is 2.83 bits per heavy atom. The van der Waals surface area contributed by atoms with Crippen molar-refractivity contribution in [2.45, 2.75) is 25.9 Å². The first kappa shape index (κ1) is 13.0. The quantitative estimate of drug-likeness (QED) is 0.616. The van der Waals surface area contributed by atoms with Gasteiger partial charge in [0.2, 0.25) is 0 Å². The number of non-ortho nitro benzene ring substituents is 1. The van der Waals surface area contributed by atoms with Crippen LogP contribution >= 0.6 is 0 Å². The van der Waals surface area contributed by atoms with Crippen LogP contribution in [0.15, 0.2) is 24.3 Å². The Morgan fingerprint density at radius 1 is 1.50 bits per heavy atom. The third-order valence-corrected chi connectivity index (χ3v) is 3.29. The summed E-state index contributed by atoms with van der Waals surface area (Å²) in [5, 5.41) is 14.0. The second-order valence-electron chi connectivity index (χ2n) is 4.71. The third kappa shape index (κ3) is 3.05. The van der Waals surface area contributed by atoms with Crippen molar-refractivity contribution in [3.05, 3.63) is 39.9 Å². The minimum Gasteiger partial charge on any atom is -0.314 e. The van der Waals surface area contributed by atoms with Gasteiger partial charge in [-0.1, -0.05) is 19.1 Å². The number of hydrogen-bond acceptors (Lipinski definition) is 4. The number of nitrogens with zero attached hydrogens (tertiary/aromatic N) is 2. The smallest absolute Gasteiger partial charge is 0.269 e. The van der Waals surface area contributed by atoms with Gasteiger partial charge in [-0.3, -0.25) is 15.0 Å². The van der Waals surface area contributed by atoms with Crippen LogP contribution in [-0.4, -0.2) is 35.5 Å². The maximum atomic E-state index is 10.7. The number of nitro groups is 1. The highest BCUT2D eigenvalue weighted by molar-refractivity contribution is 5.34. The molecule has 0 saturated carbocycles. The molecule has 0 radical (unpaired) electrons. The van der Waals surface area contributed by atoms with Crippen LogP contribution in [0.25, 0.3) is 0 Å². The summed E-state index contributed by atoms with van der Waals surface area (Å²) >= 11 is 0. The number of nitrogens with one attached hydrogen (secondary N) is 1. The minimum absolute atomic E-state index is 0.177. The molecule has 1 heterocycles. The van der Waals surface area contributed by atoms with Crippen molar-refractivity contribution in [2.24, 2.45) is 0 Å². The molecule has 1 aromatic rings. The molecular weight excluding hydrogens is 230 g/mol. The lowest BCUT2D eigenvalue weighted by molar-refractivity contribution is -0.384. The van der Waals surface area contributed by atoms with Crippen molar-refractivity contribution < 1.29 is 4.92 Å². The van der Waals surface area contributed by atoms with E-state index in [2.05, 4.69) is 17.1 Å². The van der Waals surface area contributed by atoms with Crippen molar-refractivity contribution in [3.63, 3.8) is 0 Å². The third-order valence-electron chi connectivity index (χ3n) is 3.29. The lowest BCUT2D eigenvalue weighted by atomic mass is 10.1. The second-order valence-corrected chi connectivity index (χ2v) is 4.71. The standard InChI is InChI=1S/C13H19N3O2/c1-2-6-15(13-8-14-9-13)10-11-4-3-5-12(7-11)16(17)18/h3-5,7,13-14H,2,6,8-10H2,1H3. The van der Waals surface area contributed by atoms with Crippen LogP contribution < -0.4 is 5.32 Å². The lowest BCUT2D eigenvalue weighted by Gasteiger charge is -2.38. The first-order chi connectivity index (χ1) is 8.70. The monoisotopic (exact) mass is 249 g/mol. The molecule has 2 rings (SSSR count). The summed E-state index contributed by atoms with van der Waals surface area (Å²) in [5.74, 6) is 0. The average molecular weight is 249 g/mol. The number of hydrogen-bond donors (Lipinski definition) is 1. The van der Waals surface area contributed by atoms with Crippen molar-refractivity contribution in [1.82, 2.24) is 10.2 Å². The van der Waals surface area contributed by atoms with Gasteiger partial charge in [0.05, 0.1) is 4.92 Å². The molecule has 0 aromatic heterocycles. The van der Waals surface area contributed by atoms with Crippen LogP contribution in [-0.2, 0) is 6.54 Å². The van der Waals surface area contributed by atoms with Gasteiger partial charge in [-0.15, -0.1) is 0 Å². The summed E-state index contributed by atoms with van der Waals surface area (Å²) in [6.45, 7) is 6.04. The van der Waals surface area contributed by atoms with Gasteiger partial charge in [-0.2, -0.15) is 0 Å². The van der Waals surface area contributed by atoms with Gasteiger partial charge in [0.1, 0.15) is 0 Å². The van der Waals surface area contributed by atoms with Gasteiger partial charge in [-0.25, -0.2) is 0 Å². The summed E-state index contributed by atoms with van der Waals surface area (Å²) < 4.78 is 0. The highest BCUT2D eigenvalue weighted by Gasteiger charge is 2.24. The maximum Gasteiger partial charge on any atom is 0.269 e. The van der Waals surface area contributed by atoms with E-state index >= 15 is 0 Å². The normalized spacial score (nSPS) is 15.7. The van der Waals surface area contributed by atoms with Gasteiger partial charge in [0.15, 0.2) is 0 Å². The molecule has 18 heavy (non-hydrogen) atoms. The van der Waals surface area contributed by atoms with E-state index in [1.54, 1.807) is 18.2 Å². The van der Waals surface area contributed by atoms with Crippen molar-refractivity contribution >= 4 is 5.69 Å². The Morgan fingerprint density at radius 2 is 2.28 bits per heavy atom. The molecule has 0 amide bonds. The fourth-order valence-electron chi connectivity index (χ4n) is 2.21. The summed E-state index contributed by atoms with van der Waals surface area (Å²) in [4.78, 5) is 12.8. The Bertz CT molecular complexity index is 418. The van der Waals surface area contributed by atoms with Crippen molar-refractivity contribution in [3.8, 4) is 0 Å². The first-order valence-electron chi connectivity index (χ1n) is 6.39. The van der Waals surface area contributed by atoms with Crippen molar-refractivity contribution in [2.75, 3.05) is 19.6 Å². The SMILES string of the molecule is CCCN(Cc1cccc([N+](=O)[O-])c1)C1CNC1. The molecule has 98 valence electrons. The van der Waals surface area contributed by atoms with Crippen LogP contribution in [0.2, 0.25) is 0 Å². The molecule has 5 heteroatoms. The van der Waals surface area contributed by atoms with E-state index in [0.717, 1.165) is 38.2 Å². The zero-order valence-corrected chi connectivity index (χ0v) is 10.6. The minimum atomic E-state index is -0.335. The van der Waals surface area contributed by atoms with E-state index in [1.165, 1.54) is 0 Å². The summed E-state index contributed by atoms with van der Waals surface area (Å²) in [6, 6.07) is 7.51. The fraction of sp³-hybridized carbons (Fsp3) is 0.538. The molecule has 1 aliphatic rings. The van der Waals surface area contributed by atoms with E-state index in [1.807, 2.05) is 6.07 Å². The predicted molar refractivity (Wildman–Crippen MR) is 70.5 cm³/mol. The number of benzene rings is 1. The van der Waals surface area contributed by atoms with E-state index in [0.29, 0.717) is 6.04 Å². The van der Waals surface area contributed by atoms with Gasteiger partial charge in [0.25, 0.3) is 5.69 Å². The first-order valence-corrected chi connectivity index (χ1v) is 6.39. The second kappa shape index (κ2) is 5.93. The van der Waals surface area contributed by atoms with Gasteiger partial charge >= 0.3 is 0 Å². The van der Waals surface area contributed by atoms with E-state index in [4.69, 9.17) is 0 Å². The Hall–Kier alpha value is -1.46. The highest BCUT2D eigenvalue weighted by Crippen LogP contribution is 2.17. The van der Waals surface area contributed by atoms with E-state index in [9.17, 15) is 10.1 Å². The molecule has 0 atom stereocenters. The predicted octanol–water partition coefficient (Wildman–Crippen LogP) is 1.78. The Labute approximate surface area is 107 Å². The maximum absolute atomic E-state index is 10.7. The summed E-state index contributed by atoms with van der Waals surface area (Å²) in [6.07, 6.45) is 1.10. The Kier molecular flexibility index (Phi) is 4.28. The molecule has 0 aliphatic carbocycles. The van der Waals surface area contributed by atoms with Gasteiger partial charge in [-0.05, 0) is 18.5 Å². The number of rotatable bonds is 6. The van der Waals surface area contributed by atoms with E-state index in [-0.39, 0.29) is 10.6 Å². The average Bonchev–Trinajstić information content (AvgIpc) is 2.27. The molecule has 0 unspecified atom stereocenters. The molecule has 5 nitrogen and oxygen atoms in total. The van der Waals surface area contributed by atoms with Gasteiger partial charge < -0.3 is 5.32 Å². The molecule has 0 spiro atoms. The molecule has 1 N–H and O–H groups in total. The number of nitro benzene ring substituents is 1. The molecular formula is C13H19N3O2. The largest absolute Gasteiger partial charge is 0.314 e. The molecule has 1 fully saturated rings. The fourth-order valence-corrected chi connectivity index (χ4v) is 2.21. The Balaban J connectivity index is 2.05. The van der Waals surface area contributed by atoms with Crippen LogP contribution in [0.4, 0.5) is 5.69 Å². The van der Waals surface area contributed by atoms with Crippen LogP contribution in [0.5, 0.6) is 0 Å². The highest BCUT2D eigenvalue weighted by atomic mass is 16.6.